The molecule has 21 heavy (non-hydrogen) atoms. The lowest BCUT2D eigenvalue weighted by Gasteiger charge is -2.23. The van der Waals surface area contributed by atoms with Crippen molar-refractivity contribution in [2.75, 3.05) is 19.6 Å². The first-order valence-electron chi connectivity index (χ1n) is 6.73. The third-order valence-electron chi connectivity index (χ3n) is 3.17. The summed E-state index contributed by atoms with van der Waals surface area (Å²) in [6, 6.07) is 9.31. The number of rotatable bonds is 5. The van der Waals surface area contributed by atoms with E-state index in [0.29, 0.717) is 0 Å². The zero-order valence-corrected chi connectivity index (χ0v) is 11.8. The Morgan fingerprint density at radius 2 is 1.95 bits per heavy atom. The van der Waals surface area contributed by atoms with E-state index in [2.05, 4.69) is 4.98 Å². The van der Waals surface area contributed by atoms with Crippen LogP contribution in [0, 0.1) is 6.92 Å². The zero-order valence-electron chi connectivity index (χ0n) is 11.8. The van der Waals surface area contributed by atoms with Crippen molar-refractivity contribution in [1.82, 2.24) is 9.88 Å². The number of benzene rings is 1. The molecule has 0 aliphatic rings. The minimum Gasteiger partial charge on any atom is -0.329 e. The highest BCUT2D eigenvalue weighted by atomic mass is 19.4. The van der Waals surface area contributed by atoms with E-state index in [-0.39, 0.29) is 19.6 Å². The molecule has 3 nitrogen and oxygen atoms in total. The van der Waals surface area contributed by atoms with Crippen LogP contribution in [0.5, 0.6) is 0 Å². The number of pyridine rings is 1. The number of hydrogen-bond donors (Lipinski definition) is 1. The summed E-state index contributed by atoms with van der Waals surface area (Å²) in [7, 11) is 0. The Hall–Kier alpha value is -1.66. The Bertz CT molecular complexity index is 611. The fourth-order valence-corrected chi connectivity index (χ4v) is 2.42. The van der Waals surface area contributed by atoms with E-state index in [9.17, 15) is 13.2 Å². The predicted octanol–water partition coefficient (Wildman–Crippen LogP) is 2.87. The number of hydrogen-bond acceptors (Lipinski definition) is 3. The van der Waals surface area contributed by atoms with E-state index in [1.807, 2.05) is 37.3 Å². The van der Waals surface area contributed by atoms with Crippen molar-refractivity contribution < 1.29 is 13.2 Å². The summed E-state index contributed by atoms with van der Waals surface area (Å²) in [4.78, 5) is 5.72. The fourth-order valence-electron chi connectivity index (χ4n) is 2.42. The number of nitrogens with two attached hydrogens (primary N) is 1. The first-order valence-corrected chi connectivity index (χ1v) is 6.73. The second-order valence-corrected chi connectivity index (χ2v) is 5.05. The van der Waals surface area contributed by atoms with E-state index in [4.69, 9.17) is 5.73 Å². The highest BCUT2D eigenvalue weighted by molar-refractivity contribution is 5.82. The number of nitrogens with zero attached hydrogens (tertiary/aromatic N) is 2. The largest absolute Gasteiger partial charge is 0.401 e. The molecule has 0 unspecified atom stereocenters. The minimum absolute atomic E-state index is 0.193. The molecule has 0 aliphatic heterocycles. The van der Waals surface area contributed by atoms with Gasteiger partial charge in [-0.15, -0.1) is 0 Å². The van der Waals surface area contributed by atoms with E-state index >= 15 is 0 Å². The number of para-hydroxylation sites is 1. The van der Waals surface area contributed by atoms with E-state index in [1.165, 1.54) is 4.90 Å². The molecule has 0 spiro atoms. The predicted molar refractivity (Wildman–Crippen MR) is 76.9 cm³/mol. The Labute approximate surface area is 121 Å². The summed E-state index contributed by atoms with van der Waals surface area (Å²) in [5.41, 5.74) is 7.86. The van der Waals surface area contributed by atoms with Crippen LogP contribution in [0.15, 0.2) is 30.3 Å². The van der Waals surface area contributed by atoms with Gasteiger partial charge in [-0.25, -0.2) is 0 Å². The molecule has 2 aromatic rings. The van der Waals surface area contributed by atoms with Crippen molar-refractivity contribution in [3.63, 3.8) is 0 Å². The monoisotopic (exact) mass is 297 g/mol. The van der Waals surface area contributed by atoms with Crippen LogP contribution in [0.25, 0.3) is 10.9 Å². The number of fused-ring (bicyclic) bond motifs is 1. The molecule has 0 fully saturated rings. The standard InChI is InChI=1S/C15H18F3N3/c1-11-8-12(13-4-2-3-5-14(13)20-11)9-21(7-6-19)10-15(16,17)18/h2-5,8H,6-7,9-10,19H2,1H3. The summed E-state index contributed by atoms with van der Waals surface area (Å²) in [6.45, 7) is 1.49. The van der Waals surface area contributed by atoms with E-state index < -0.39 is 12.7 Å². The summed E-state index contributed by atoms with van der Waals surface area (Å²) in [5, 5.41) is 0.882. The Morgan fingerprint density at radius 3 is 2.62 bits per heavy atom. The fraction of sp³-hybridized carbons (Fsp3) is 0.400. The summed E-state index contributed by atoms with van der Waals surface area (Å²) in [5.74, 6) is 0. The molecule has 0 atom stereocenters. The van der Waals surface area contributed by atoms with Crippen molar-refractivity contribution in [3.8, 4) is 0 Å². The van der Waals surface area contributed by atoms with Crippen molar-refractivity contribution >= 4 is 10.9 Å². The summed E-state index contributed by atoms with van der Waals surface area (Å²) in [6.07, 6.45) is -4.23. The van der Waals surface area contributed by atoms with Gasteiger partial charge < -0.3 is 5.73 Å². The third kappa shape index (κ3) is 4.41. The van der Waals surface area contributed by atoms with Crippen LogP contribution < -0.4 is 5.73 Å². The minimum atomic E-state index is -4.23. The van der Waals surface area contributed by atoms with Gasteiger partial charge in [0.2, 0.25) is 0 Å². The van der Waals surface area contributed by atoms with Gasteiger partial charge in [-0.3, -0.25) is 9.88 Å². The molecule has 114 valence electrons. The molecule has 2 N–H and O–H groups in total. The average Bonchev–Trinajstić information content (AvgIpc) is 2.36. The van der Waals surface area contributed by atoms with Crippen molar-refractivity contribution in [2.45, 2.75) is 19.6 Å². The van der Waals surface area contributed by atoms with Crippen molar-refractivity contribution in [2.24, 2.45) is 5.73 Å². The first kappa shape index (κ1) is 15.7. The molecule has 6 heteroatoms. The number of alkyl halides is 3. The lowest BCUT2D eigenvalue weighted by atomic mass is 10.1. The van der Waals surface area contributed by atoms with Gasteiger partial charge in [0.25, 0.3) is 0 Å². The Balaban J connectivity index is 2.31. The van der Waals surface area contributed by atoms with Crippen LogP contribution in [0.1, 0.15) is 11.3 Å². The van der Waals surface area contributed by atoms with Gasteiger partial charge in [-0.1, -0.05) is 18.2 Å². The van der Waals surface area contributed by atoms with Gasteiger partial charge in [0.15, 0.2) is 0 Å². The smallest absolute Gasteiger partial charge is 0.329 e. The molecule has 0 aliphatic carbocycles. The molecule has 1 heterocycles. The average molecular weight is 297 g/mol. The zero-order chi connectivity index (χ0) is 15.5. The summed E-state index contributed by atoms with van der Waals surface area (Å²) < 4.78 is 37.9. The maximum absolute atomic E-state index is 12.6. The Morgan fingerprint density at radius 1 is 1.24 bits per heavy atom. The van der Waals surface area contributed by atoms with Crippen molar-refractivity contribution in [3.05, 3.63) is 41.6 Å². The van der Waals surface area contributed by atoms with Crippen LogP contribution in [0.4, 0.5) is 13.2 Å². The van der Waals surface area contributed by atoms with Gasteiger partial charge in [0.1, 0.15) is 0 Å². The van der Waals surface area contributed by atoms with Crippen molar-refractivity contribution in [1.29, 1.82) is 0 Å². The molecule has 2 rings (SSSR count). The first-order chi connectivity index (χ1) is 9.89. The maximum Gasteiger partial charge on any atom is 0.401 e. The van der Waals surface area contributed by atoms with Crippen LogP contribution in [-0.2, 0) is 6.54 Å². The molecule has 0 saturated heterocycles. The molecular formula is C15H18F3N3. The summed E-state index contributed by atoms with van der Waals surface area (Å²) >= 11 is 0. The molecule has 1 aromatic heterocycles. The van der Waals surface area contributed by atoms with Crippen LogP contribution in [0.2, 0.25) is 0 Å². The van der Waals surface area contributed by atoms with Gasteiger partial charge in [-0.2, -0.15) is 13.2 Å². The van der Waals surface area contributed by atoms with Gasteiger partial charge in [0, 0.05) is 30.7 Å². The second kappa shape index (κ2) is 6.41. The quantitative estimate of drug-likeness (QED) is 0.922. The maximum atomic E-state index is 12.6. The number of aryl methyl sites for hydroxylation is 1. The lowest BCUT2D eigenvalue weighted by Crippen LogP contribution is -2.37. The van der Waals surface area contributed by atoms with Gasteiger partial charge >= 0.3 is 6.18 Å². The molecule has 0 amide bonds. The Kier molecular flexibility index (Phi) is 4.80. The van der Waals surface area contributed by atoms with Crippen LogP contribution in [-0.4, -0.2) is 35.7 Å². The molecular weight excluding hydrogens is 279 g/mol. The van der Waals surface area contributed by atoms with E-state index in [1.54, 1.807) is 0 Å². The highest BCUT2D eigenvalue weighted by Crippen LogP contribution is 2.22. The molecule has 0 saturated carbocycles. The number of aromatic nitrogens is 1. The number of halogens is 3. The third-order valence-corrected chi connectivity index (χ3v) is 3.17. The normalized spacial score (nSPS) is 12.3. The van der Waals surface area contributed by atoms with Crippen LogP contribution >= 0.6 is 0 Å². The SMILES string of the molecule is Cc1cc(CN(CCN)CC(F)(F)F)c2ccccc2n1. The highest BCUT2D eigenvalue weighted by Gasteiger charge is 2.30. The van der Waals surface area contributed by atoms with Gasteiger partial charge in [-0.05, 0) is 24.6 Å². The topological polar surface area (TPSA) is 42.1 Å². The molecule has 0 bridgehead atoms. The molecule has 1 aromatic carbocycles. The molecule has 0 radical (unpaired) electrons. The van der Waals surface area contributed by atoms with Crippen LogP contribution in [0.3, 0.4) is 0 Å². The second-order valence-electron chi connectivity index (χ2n) is 5.05. The van der Waals surface area contributed by atoms with Gasteiger partial charge in [0.05, 0.1) is 12.1 Å². The lowest BCUT2D eigenvalue weighted by molar-refractivity contribution is -0.146. The van der Waals surface area contributed by atoms with E-state index in [0.717, 1.165) is 22.2 Å².